The molecule has 8 nitrogen and oxygen atoms in total. The van der Waals surface area contributed by atoms with E-state index < -0.39 is 17.8 Å². The minimum atomic E-state index is -1.70. The molecule has 4 rings (SSSR count). The van der Waals surface area contributed by atoms with E-state index in [0.29, 0.717) is 12.2 Å². The number of carbonyl (C=O) groups is 2. The van der Waals surface area contributed by atoms with Crippen LogP contribution in [0.25, 0.3) is 0 Å². The van der Waals surface area contributed by atoms with E-state index in [4.69, 9.17) is 4.89 Å². The van der Waals surface area contributed by atoms with Gasteiger partial charge in [0.2, 0.25) is 0 Å². The number of carbonyl (C=O) groups excluding carboxylic acids is 2. The molecule has 0 aliphatic carbocycles. The van der Waals surface area contributed by atoms with Crippen LogP contribution in [0.3, 0.4) is 0 Å². The predicted octanol–water partition coefficient (Wildman–Crippen LogP) is 1.65. The van der Waals surface area contributed by atoms with Gasteiger partial charge in [0, 0.05) is 13.6 Å². The topological polar surface area (TPSA) is 85.7 Å². The summed E-state index contributed by atoms with van der Waals surface area (Å²) in [7, 11) is 1.40. The average Bonchev–Trinajstić information content (AvgIpc) is 2.95. The van der Waals surface area contributed by atoms with Crippen molar-refractivity contribution in [1.82, 2.24) is 9.80 Å². The summed E-state index contributed by atoms with van der Waals surface area (Å²) in [6, 6.07) is 6.68. The molecule has 0 saturated carbocycles. The molecule has 3 aliphatic rings. The molecule has 0 radical (unpaired) electrons. The van der Waals surface area contributed by atoms with Crippen LogP contribution < -0.4 is 4.90 Å². The second-order valence-corrected chi connectivity index (χ2v) is 6.59. The van der Waals surface area contributed by atoms with Crippen molar-refractivity contribution < 1.29 is 19.7 Å². The minimum absolute atomic E-state index is 0.00560. The van der Waals surface area contributed by atoms with E-state index in [1.54, 1.807) is 11.0 Å². The predicted molar refractivity (Wildman–Crippen MR) is 86.0 cm³/mol. The second-order valence-electron chi connectivity index (χ2n) is 6.59. The van der Waals surface area contributed by atoms with Gasteiger partial charge >= 0.3 is 11.9 Å². The highest BCUT2D eigenvalue weighted by atomic mass is 17.1. The SMILES string of the molecule is CC(C)[C@H]1CN2C(=O)N(C)C(=O)C3=Nc4ccccc4N1[C@]32OO. The Hall–Kier alpha value is -2.45. The quantitative estimate of drug-likeness (QED) is 0.658. The van der Waals surface area contributed by atoms with Crippen molar-refractivity contribution in [3.63, 3.8) is 0 Å². The van der Waals surface area contributed by atoms with Crippen LogP contribution in [0.4, 0.5) is 16.2 Å². The van der Waals surface area contributed by atoms with Gasteiger partial charge in [-0.1, -0.05) is 26.0 Å². The maximum atomic E-state index is 12.7. The van der Waals surface area contributed by atoms with Crippen molar-refractivity contribution in [3.8, 4) is 0 Å². The number of rotatable bonds is 2. The number of nitrogens with zero attached hydrogens (tertiary/aromatic N) is 4. The number of imide groups is 1. The van der Waals surface area contributed by atoms with E-state index in [0.717, 1.165) is 10.6 Å². The van der Waals surface area contributed by atoms with Gasteiger partial charge in [0.05, 0.1) is 17.4 Å². The standard InChI is InChI=1S/C16H18N4O4/c1-9(2)12-8-19-15(22)18(3)14(21)13-16(19,24-23)20(12)11-7-5-4-6-10(11)17-13/h4-7,9,12,23H,8H2,1-3H3/t12-,16+/m1/s1. The molecule has 8 heteroatoms. The number of hydrogen-bond acceptors (Lipinski definition) is 6. The van der Waals surface area contributed by atoms with Gasteiger partial charge in [-0.05, 0) is 18.1 Å². The lowest BCUT2D eigenvalue weighted by molar-refractivity contribution is -0.325. The lowest BCUT2D eigenvalue weighted by Gasteiger charge is -2.48. The molecule has 3 amide bonds. The Balaban J connectivity index is 2.04. The number of amides is 3. The zero-order chi connectivity index (χ0) is 17.2. The Kier molecular flexibility index (Phi) is 3.01. The van der Waals surface area contributed by atoms with Gasteiger partial charge < -0.3 is 4.90 Å². The van der Waals surface area contributed by atoms with Gasteiger partial charge in [0.25, 0.3) is 5.91 Å². The summed E-state index contributed by atoms with van der Waals surface area (Å²) >= 11 is 0. The Morgan fingerprint density at radius 3 is 2.71 bits per heavy atom. The summed E-state index contributed by atoms with van der Waals surface area (Å²) < 4.78 is 0. The molecule has 2 atom stereocenters. The fourth-order valence-electron chi connectivity index (χ4n) is 3.75. The second kappa shape index (κ2) is 4.78. The van der Waals surface area contributed by atoms with Crippen LogP contribution in [0.15, 0.2) is 29.3 Å². The highest BCUT2D eigenvalue weighted by Gasteiger charge is 2.67. The summed E-state index contributed by atoms with van der Waals surface area (Å²) in [4.78, 5) is 38.8. The summed E-state index contributed by atoms with van der Waals surface area (Å²) in [5, 5.41) is 9.82. The molecule has 24 heavy (non-hydrogen) atoms. The Morgan fingerprint density at radius 2 is 2.04 bits per heavy atom. The van der Waals surface area contributed by atoms with Crippen LogP contribution in [-0.2, 0) is 9.68 Å². The molecule has 3 heterocycles. The zero-order valence-electron chi connectivity index (χ0n) is 13.6. The van der Waals surface area contributed by atoms with Crippen molar-refractivity contribution in [2.75, 3.05) is 18.5 Å². The van der Waals surface area contributed by atoms with Gasteiger partial charge in [-0.15, -0.1) is 0 Å². The number of benzene rings is 1. The number of anilines is 1. The molecule has 0 unspecified atom stereocenters. The fraction of sp³-hybridized carbons (Fsp3) is 0.438. The molecule has 0 spiro atoms. The number of fused-ring (bicyclic) bond motifs is 2. The third-order valence-corrected chi connectivity index (χ3v) is 5.00. The molecule has 0 bridgehead atoms. The van der Waals surface area contributed by atoms with Gasteiger partial charge in [-0.25, -0.2) is 15.0 Å². The van der Waals surface area contributed by atoms with Gasteiger partial charge in [0.1, 0.15) is 0 Å². The summed E-state index contributed by atoms with van der Waals surface area (Å²) in [6.07, 6.45) is 0. The highest BCUT2D eigenvalue weighted by molar-refractivity contribution is 6.47. The van der Waals surface area contributed by atoms with Gasteiger partial charge in [-0.3, -0.25) is 14.6 Å². The van der Waals surface area contributed by atoms with Crippen LogP contribution in [0.5, 0.6) is 0 Å². The molecule has 3 aliphatic heterocycles. The summed E-state index contributed by atoms with van der Waals surface area (Å²) in [6.45, 7) is 4.37. The largest absolute Gasteiger partial charge is 0.330 e. The minimum Gasteiger partial charge on any atom is -0.312 e. The molecule has 0 aromatic heterocycles. The van der Waals surface area contributed by atoms with Crippen LogP contribution >= 0.6 is 0 Å². The molecule has 1 aromatic rings. The molecule has 2 fully saturated rings. The normalized spacial score (nSPS) is 28.3. The highest BCUT2D eigenvalue weighted by Crippen LogP contribution is 2.49. The summed E-state index contributed by atoms with van der Waals surface area (Å²) in [5.74, 6) is -2.12. The van der Waals surface area contributed by atoms with Crippen LogP contribution in [0.2, 0.25) is 0 Å². The van der Waals surface area contributed by atoms with Gasteiger partial charge in [0.15, 0.2) is 5.71 Å². The van der Waals surface area contributed by atoms with Crippen molar-refractivity contribution in [3.05, 3.63) is 24.3 Å². The number of hydrogen-bond donors (Lipinski definition) is 1. The Morgan fingerprint density at radius 1 is 1.33 bits per heavy atom. The first-order valence-electron chi connectivity index (χ1n) is 7.83. The van der Waals surface area contributed by atoms with E-state index in [1.807, 2.05) is 32.0 Å². The van der Waals surface area contributed by atoms with Crippen LogP contribution in [-0.4, -0.2) is 58.2 Å². The lowest BCUT2D eigenvalue weighted by atomic mass is 10.00. The van der Waals surface area contributed by atoms with E-state index in [-0.39, 0.29) is 17.7 Å². The molecule has 1 aromatic carbocycles. The number of para-hydroxylation sites is 2. The first-order chi connectivity index (χ1) is 11.4. The van der Waals surface area contributed by atoms with Crippen molar-refractivity contribution in [2.24, 2.45) is 10.9 Å². The van der Waals surface area contributed by atoms with Crippen LogP contribution in [0.1, 0.15) is 13.8 Å². The number of aliphatic imine (C=N–C) groups is 1. The maximum Gasteiger partial charge on any atom is 0.330 e. The molecule has 2 saturated heterocycles. The number of urea groups is 1. The van der Waals surface area contributed by atoms with Gasteiger partial charge in [-0.2, -0.15) is 4.89 Å². The van der Waals surface area contributed by atoms with E-state index in [1.165, 1.54) is 11.9 Å². The average molecular weight is 330 g/mol. The first kappa shape index (κ1) is 15.1. The Labute approximate surface area is 138 Å². The maximum absolute atomic E-state index is 12.7. The fourth-order valence-corrected chi connectivity index (χ4v) is 3.75. The molecular weight excluding hydrogens is 312 g/mol. The van der Waals surface area contributed by atoms with E-state index in [9.17, 15) is 14.8 Å². The molecule has 1 N–H and O–H groups in total. The Bertz CT molecular complexity index is 777. The van der Waals surface area contributed by atoms with Crippen molar-refractivity contribution >= 4 is 29.0 Å². The molecule has 126 valence electrons. The lowest BCUT2D eigenvalue weighted by Crippen LogP contribution is -2.73. The van der Waals surface area contributed by atoms with Crippen LogP contribution in [0, 0.1) is 5.92 Å². The zero-order valence-corrected chi connectivity index (χ0v) is 13.6. The van der Waals surface area contributed by atoms with Crippen molar-refractivity contribution in [2.45, 2.75) is 25.7 Å². The van der Waals surface area contributed by atoms with E-state index >= 15 is 0 Å². The molecular formula is C16H18N4O4. The summed E-state index contributed by atoms with van der Waals surface area (Å²) in [5.41, 5.74) is 1.33. The third kappa shape index (κ3) is 1.57. The monoisotopic (exact) mass is 330 g/mol. The smallest absolute Gasteiger partial charge is 0.312 e. The first-order valence-corrected chi connectivity index (χ1v) is 7.83. The third-order valence-electron chi connectivity index (χ3n) is 5.00. The van der Waals surface area contributed by atoms with E-state index in [2.05, 4.69) is 4.99 Å². The van der Waals surface area contributed by atoms with Crippen molar-refractivity contribution in [1.29, 1.82) is 0 Å².